The van der Waals surface area contributed by atoms with Crippen molar-refractivity contribution in [2.24, 2.45) is 0 Å². The second kappa shape index (κ2) is 9.91. The molecule has 2 aromatic rings. The Morgan fingerprint density at radius 1 is 1.09 bits per heavy atom. The number of halogens is 1. The number of amides is 2. The molecule has 0 radical (unpaired) electrons. The number of anilines is 1. The minimum Gasteiger partial charge on any atom is -0.497 e. The van der Waals surface area contributed by atoms with Crippen LogP contribution >= 0.6 is 0 Å². The van der Waals surface area contributed by atoms with Crippen LogP contribution in [-0.4, -0.2) is 63.8 Å². The van der Waals surface area contributed by atoms with E-state index in [0.717, 1.165) is 0 Å². The summed E-state index contributed by atoms with van der Waals surface area (Å²) in [5, 5.41) is 5.61. The van der Waals surface area contributed by atoms with Crippen molar-refractivity contribution in [2.75, 3.05) is 51.8 Å². The lowest BCUT2D eigenvalue weighted by atomic mass is 9.94. The third kappa shape index (κ3) is 4.93. The fourth-order valence-corrected chi connectivity index (χ4v) is 4.24. The van der Waals surface area contributed by atoms with Gasteiger partial charge in [-0.05, 0) is 29.8 Å². The van der Waals surface area contributed by atoms with Crippen molar-refractivity contribution in [1.29, 1.82) is 0 Å². The number of piperazine rings is 1. The molecule has 8 nitrogen and oxygen atoms in total. The van der Waals surface area contributed by atoms with Gasteiger partial charge >= 0.3 is 12.0 Å². The average molecular weight is 455 g/mol. The van der Waals surface area contributed by atoms with Crippen molar-refractivity contribution in [2.45, 2.75) is 6.04 Å². The van der Waals surface area contributed by atoms with Crippen LogP contribution in [0.25, 0.3) is 0 Å². The number of nitrogens with one attached hydrogen (secondary N) is 2. The van der Waals surface area contributed by atoms with Crippen molar-refractivity contribution in [3.05, 3.63) is 71.2 Å². The molecule has 2 aliphatic rings. The first-order valence-electron chi connectivity index (χ1n) is 10.7. The Bertz CT molecular complexity index is 1070. The highest BCUT2D eigenvalue weighted by Gasteiger charge is 2.34. The van der Waals surface area contributed by atoms with Gasteiger partial charge in [0.05, 0.1) is 31.5 Å². The van der Waals surface area contributed by atoms with E-state index in [2.05, 4.69) is 15.5 Å². The van der Waals surface area contributed by atoms with E-state index in [4.69, 9.17) is 9.47 Å². The number of methoxy groups -OCH3 is 2. The second-order valence-electron chi connectivity index (χ2n) is 7.91. The molecule has 1 fully saturated rings. The maximum absolute atomic E-state index is 14.1. The van der Waals surface area contributed by atoms with Crippen molar-refractivity contribution in [1.82, 2.24) is 15.5 Å². The van der Waals surface area contributed by atoms with Gasteiger partial charge in [-0.1, -0.05) is 24.3 Å². The number of hydrogen-bond acceptors (Lipinski definition) is 6. The van der Waals surface area contributed by atoms with E-state index in [1.54, 1.807) is 37.4 Å². The standard InChI is InChI=1S/C24H27FN4O4/c1-32-17-7-5-6-16(14-17)22-21(23(30)33-2)19(26-24(31)27-22)15-28-10-12-29(13-11-28)20-9-4-3-8-18(20)25/h3-9,14,22H,10-13,15H2,1-2H3,(H2,26,27,31). The maximum Gasteiger partial charge on any atom is 0.338 e. The van der Waals surface area contributed by atoms with Gasteiger partial charge in [-0.2, -0.15) is 0 Å². The average Bonchev–Trinajstić information content (AvgIpc) is 2.84. The molecule has 1 atom stereocenters. The molecule has 1 saturated heterocycles. The first-order chi connectivity index (χ1) is 16.0. The van der Waals surface area contributed by atoms with Gasteiger partial charge in [0, 0.05) is 38.4 Å². The largest absolute Gasteiger partial charge is 0.497 e. The summed E-state index contributed by atoms with van der Waals surface area (Å²) in [5.74, 6) is -0.140. The van der Waals surface area contributed by atoms with E-state index in [9.17, 15) is 14.0 Å². The summed E-state index contributed by atoms with van der Waals surface area (Å²) < 4.78 is 24.5. The molecule has 9 heteroatoms. The van der Waals surface area contributed by atoms with Crippen LogP contribution in [0.4, 0.5) is 14.9 Å². The van der Waals surface area contributed by atoms with Crippen LogP contribution in [0.15, 0.2) is 59.8 Å². The fourth-order valence-electron chi connectivity index (χ4n) is 4.24. The molecular weight excluding hydrogens is 427 g/mol. The molecule has 2 aliphatic heterocycles. The van der Waals surface area contributed by atoms with Gasteiger partial charge in [0.1, 0.15) is 11.6 Å². The van der Waals surface area contributed by atoms with Crippen LogP contribution in [0, 0.1) is 5.82 Å². The summed E-state index contributed by atoms with van der Waals surface area (Å²) in [5.41, 5.74) is 2.14. The number of urea groups is 1. The summed E-state index contributed by atoms with van der Waals surface area (Å²) >= 11 is 0. The zero-order chi connectivity index (χ0) is 23.4. The molecule has 1 unspecified atom stereocenters. The van der Waals surface area contributed by atoms with Gasteiger partial charge in [0.15, 0.2) is 0 Å². The van der Waals surface area contributed by atoms with Crippen LogP contribution in [0.3, 0.4) is 0 Å². The normalized spacial score (nSPS) is 19.1. The molecule has 2 amide bonds. The van der Waals surface area contributed by atoms with E-state index in [1.165, 1.54) is 13.2 Å². The Kier molecular flexibility index (Phi) is 6.79. The summed E-state index contributed by atoms with van der Waals surface area (Å²) in [7, 11) is 2.88. The third-order valence-corrected chi connectivity index (χ3v) is 5.93. The number of para-hydroxylation sites is 1. The molecule has 174 valence electrons. The minimum atomic E-state index is -0.670. The number of nitrogens with zero attached hydrogens (tertiary/aromatic N) is 2. The number of ether oxygens (including phenoxy) is 2. The summed E-state index contributed by atoms with van der Waals surface area (Å²) in [6, 6.07) is 12.9. The summed E-state index contributed by atoms with van der Waals surface area (Å²) in [4.78, 5) is 29.4. The van der Waals surface area contributed by atoms with E-state index in [1.807, 2.05) is 17.0 Å². The second-order valence-corrected chi connectivity index (χ2v) is 7.91. The van der Waals surface area contributed by atoms with E-state index in [-0.39, 0.29) is 5.82 Å². The molecule has 0 saturated carbocycles. The van der Waals surface area contributed by atoms with Gasteiger partial charge in [-0.25, -0.2) is 14.0 Å². The summed E-state index contributed by atoms with van der Waals surface area (Å²) in [6.45, 7) is 2.93. The molecule has 0 bridgehead atoms. The van der Waals surface area contributed by atoms with Gasteiger partial charge in [-0.15, -0.1) is 0 Å². The monoisotopic (exact) mass is 454 g/mol. The number of benzene rings is 2. The number of carbonyl (C=O) groups excluding carboxylic acids is 2. The quantitative estimate of drug-likeness (QED) is 0.653. The predicted octanol–water partition coefficient (Wildman–Crippen LogP) is 2.44. The van der Waals surface area contributed by atoms with E-state index < -0.39 is 18.0 Å². The SMILES string of the molecule is COC(=O)C1=C(CN2CCN(c3ccccc3F)CC2)NC(=O)NC1c1cccc(OC)c1. The summed E-state index contributed by atoms with van der Waals surface area (Å²) in [6.07, 6.45) is 0. The number of rotatable bonds is 6. The van der Waals surface area contributed by atoms with Gasteiger partial charge in [0.25, 0.3) is 0 Å². The Morgan fingerprint density at radius 2 is 1.85 bits per heavy atom. The first-order valence-corrected chi connectivity index (χ1v) is 10.7. The molecule has 2 N–H and O–H groups in total. The Hall–Kier alpha value is -3.59. The van der Waals surface area contributed by atoms with Crippen LogP contribution in [-0.2, 0) is 9.53 Å². The first kappa shape index (κ1) is 22.6. The predicted molar refractivity (Wildman–Crippen MR) is 121 cm³/mol. The zero-order valence-electron chi connectivity index (χ0n) is 18.6. The number of hydrogen-bond donors (Lipinski definition) is 2. The highest BCUT2D eigenvalue weighted by molar-refractivity contribution is 5.95. The maximum atomic E-state index is 14.1. The smallest absolute Gasteiger partial charge is 0.338 e. The van der Waals surface area contributed by atoms with Crippen molar-refractivity contribution < 1.29 is 23.5 Å². The molecule has 2 heterocycles. The highest BCUT2D eigenvalue weighted by atomic mass is 19.1. The number of carbonyl (C=O) groups is 2. The topological polar surface area (TPSA) is 83.1 Å². The van der Waals surface area contributed by atoms with Crippen LogP contribution in [0.5, 0.6) is 5.75 Å². The molecule has 0 spiro atoms. The van der Waals surface area contributed by atoms with Crippen LogP contribution in [0.2, 0.25) is 0 Å². The molecular formula is C24H27FN4O4. The Labute approximate surface area is 192 Å². The Balaban J connectivity index is 1.56. The highest BCUT2D eigenvalue weighted by Crippen LogP contribution is 2.30. The van der Waals surface area contributed by atoms with E-state index >= 15 is 0 Å². The number of esters is 1. The molecule has 0 aromatic heterocycles. The van der Waals surface area contributed by atoms with Crippen molar-refractivity contribution >= 4 is 17.7 Å². The zero-order valence-corrected chi connectivity index (χ0v) is 18.6. The van der Waals surface area contributed by atoms with Crippen molar-refractivity contribution in [3.63, 3.8) is 0 Å². The van der Waals surface area contributed by atoms with Crippen LogP contribution < -0.4 is 20.3 Å². The Morgan fingerprint density at radius 3 is 2.55 bits per heavy atom. The van der Waals surface area contributed by atoms with Crippen molar-refractivity contribution in [3.8, 4) is 5.75 Å². The molecule has 0 aliphatic carbocycles. The van der Waals surface area contributed by atoms with Gasteiger partial charge in [-0.3, -0.25) is 4.90 Å². The molecule has 33 heavy (non-hydrogen) atoms. The lowest BCUT2D eigenvalue weighted by Gasteiger charge is -2.38. The lowest BCUT2D eigenvalue weighted by molar-refractivity contribution is -0.136. The third-order valence-electron chi connectivity index (χ3n) is 5.93. The van der Waals surface area contributed by atoms with Gasteiger partial charge < -0.3 is 25.0 Å². The minimum absolute atomic E-state index is 0.242. The van der Waals surface area contributed by atoms with E-state index in [0.29, 0.717) is 61.0 Å². The molecule has 4 rings (SSSR count). The van der Waals surface area contributed by atoms with Crippen LogP contribution in [0.1, 0.15) is 11.6 Å². The molecule has 2 aromatic carbocycles. The fraction of sp³-hybridized carbons (Fsp3) is 0.333. The van der Waals surface area contributed by atoms with Gasteiger partial charge in [0.2, 0.25) is 0 Å². The lowest BCUT2D eigenvalue weighted by Crippen LogP contribution is -2.51.